The fourth-order valence-electron chi connectivity index (χ4n) is 4.18. The molecule has 0 aromatic heterocycles. The molecule has 143 valence electrons. The summed E-state index contributed by atoms with van der Waals surface area (Å²) in [6.07, 6.45) is 0. The normalized spacial score (nSPS) is 14.4. The van der Waals surface area contributed by atoms with Crippen molar-refractivity contribution < 1.29 is 20.1 Å². The van der Waals surface area contributed by atoms with Crippen LogP contribution in [0, 0.1) is 39.6 Å². The van der Waals surface area contributed by atoms with Gasteiger partial charge in [-0.25, -0.2) is 0 Å². The maximum Gasteiger partial charge on any atom is 0.0293 e. The van der Waals surface area contributed by atoms with E-state index in [-0.39, 0.29) is 20.1 Å². The SMILES string of the molecule is Cc1c[c-]c2c(c1)-c1cc(C)ccc1C1=C(c3c(C)cccc3C)S[CH-]N12.[Ir]. The van der Waals surface area contributed by atoms with Crippen molar-refractivity contribution in [2.24, 2.45) is 0 Å². The van der Waals surface area contributed by atoms with Crippen molar-refractivity contribution >= 4 is 28.1 Å². The Balaban J connectivity index is 0.00000192. The minimum absolute atomic E-state index is 0. The standard InChI is InChI=1S/C25H21NS.Ir/c1-15-8-10-19-20(12-15)21-13-16(2)9-11-22(21)26-14-27-25(24(19)26)23-17(3)6-5-7-18(23)4;/h5-10,12-14H,1-4H3;/q-2;. The predicted octanol–water partition coefficient (Wildman–Crippen LogP) is 6.90. The van der Waals surface area contributed by atoms with Crippen molar-refractivity contribution in [1.29, 1.82) is 0 Å². The van der Waals surface area contributed by atoms with Gasteiger partial charge in [0.15, 0.2) is 0 Å². The Morgan fingerprint density at radius 2 is 1.57 bits per heavy atom. The second-order valence-electron chi connectivity index (χ2n) is 7.53. The zero-order valence-electron chi connectivity index (χ0n) is 16.4. The van der Waals surface area contributed by atoms with Crippen LogP contribution in [-0.4, -0.2) is 0 Å². The van der Waals surface area contributed by atoms with Crippen molar-refractivity contribution in [3.63, 3.8) is 0 Å². The van der Waals surface area contributed by atoms with Crippen LogP contribution in [-0.2, 0) is 20.1 Å². The Kier molecular flexibility index (Phi) is 5.03. The first-order chi connectivity index (χ1) is 13.0. The van der Waals surface area contributed by atoms with Crippen molar-refractivity contribution in [2.45, 2.75) is 27.7 Å². The molecule has 2 heterocycles. The van der Waals surface area contributed by atoms with Crippen LogP contribution in [0.25, 0.3) is 21.7 Å². The van der Waals surface area contributed by atoms with Gasteiger partial charge in [0, 0.05) is 30.7 Å². The number of fused-ring (bicyclic) bond motifs is 6. The monoisotopic (exact) mass is 560 g/mol. The molecule has 0 amide bonds. The third kappa shape index (κ3) is 2.88. The second kappa shape index (κ2) is 7.22. The van der Waals surface area contributed by atoms with E-state index in [0.29, 0.717) is 0 Å². The number of anilines is 1. The first-order valence-electron chi connectivity index (χ1n) is 9.28. The van der Waals surface area contributed by atoms with Crippen molar-refractivity contribution in [3.8, 4) is 11.1 Å². The maximum atomic E-state index is 3.54. The van der Waals surface area contributed by atoms with E-state index in [2.05, 4.69) is 93.1 Å². The number of rotatable bonds is 1. The molecule has 0 N–H and O–H groups in total. The van der Waals surface area contributed by atoms with Gasteiger partial charge in [0.25, 0.3) is 0 Å². The van der Waals surface area contributed by atoms with Gasteiger partial charge >= 0.3 is 0 Å². The molecule has 1 radical (unpaired) electrons. The van der Waals surface area contributed by atoms with Gasteiger partial charge in [0.05, 0.1) is 0 Å². The maximum absolute atomic E-state index is 3.54. The molecule has 2 aliphatic rings. The van der Waals surface area contributed by atoms with E-state index in [1.54, 1.807) is 0 Å². The average molecular weight is 560 g/mol. The molecule has 0 saturated heterocycles. The van der Waals surface area contributed by atoms with Gasteiger partial charge in [-0.05, 0) is 43.0 Å². The van der Waals surface area contributed by atoms with Crippen LogP contribution in [0.2, 0.25) is 0 Å². The van der Waals surface area contributed by atoms with Gasteiger partial charge in [0.2, 0.25) is 0 Å². The van der Waals surface area contributed by atoms with Gasteiger partial charge < -0.3 is 4.90 Å². The molecule has 0 fully saturated rings. The van der Waals surface area contributed by atoms with Gasteiger partial charge in [-0.15, -0.1) is 5.56 Å². The molecule has 0 unspecified atom stereocenters. The van der Waals surface area contributed by atoms with E-state index >= 15 is 0 Å². The summed E-state index contributed by atoms with van der Waals surface area (Å²) in [5.74, 6) is 2.24. The van der Waals surface area contributed by atoms with Crippen molar-refractivity contribution in [3.05, 3.63) is 93.9 Å². The van der Waals surface area contributed by atoms with Gasteiger partial charge in [-0.2, -0.15) is 29.6 Å². The number of benzene rings is 3. The van der Waals surface area contributed by atoms with Crippen LogP contribution in [0.4, 0.5) is 5.69 Å². The molecule has 28 heavy (non-hydrogen) atoms. The zero-order valence-corrected chi connectivity index (χ0v) is 19.6. The summed E-state index contributed by atoms with van der Waals surface area (Å²) < 4.78 is 0. The predicted molar refractivity (Wildman–Crippen MR) is 117 cm³/mol. The summed E-state index contributed by atoms with van der Waals surface area (Å²) in [7, 11) is 0. The van der Waals surface area contributed by atoms with Gasteiger partial charge in [-0.3, -0.25) is 11.8 Å². The second-order valence-corrected chi connectivity index (χ2v) is 8.38. The van der Waals surface area contributed by atoms with Crippen LogP contribution in [0.1, 0.15) is 33.4 Å². The largest absolute Gasteiger partial charge is 0.503 e. The molecule has 0 saturated carbocycles. The summed E-state index contributed by atoms with van der Waals surface area (Å²) >= 11 is 1.83. The van der Waals surface area contributed by atoms with E-state index in [0.717, 1.165) is 5.69 Å². The van der Waals surface area contributed by atoms with Crippen LogP contribution in [0.15, 0.2) is 48.5 Å². The summed E-state index contributed by atoms with van der Waals surface area (Å²) in [6.45, 7) is 8.73. The zero-order chi connectivity index (χ0) is 18.7. The Morgan fingerprint density at radius 3 is 2.32 bits per heavy atom. The molecule has 3 heteroatoms. The van der Waals surface area contributed by atoms with Crippen LogP contribution in [0.3, 0.4) is 0 Å². The van der Waals surface area contributed by atoms with Gasteiger partial charge in [0.1, 0.15) is 0 Å². The summed E-state index contributed by atoms with van der Waals surface area (Å²) in [5, 5.41) is 0. The summed E-state index contributed by atoms with van der Waals surface area (Å²) in [6, 6.07) is 21.3. The third-order valence-electron chi connectivity index (χ3n) is 5.47. The van der Waals surface area contributed by atoms with E-state index < -0.39 is 0 Å². The molecule has 1 nitrogen and oxygen atoms in total. The third-order valence-corrected chi connectivity index (χ3v) is 6.41. The number of nitrogens with zero attached hydrogens (tertiary/aromatic N) is 1. The average Bonchev–Trinajstić information content (AvgIpc) is 3.06. The molecule has 3 aromatic carbocycles. The first-order valence-corrected chi connectivity index (χ1v) is 10.2. The Labute approximate surface area is 185 Å². The molecule has 0 bridgehead atoms. The van der Waals surface area contributed by atoms with Crippen LogP contribution >= 0.6 is 11.8 Å². The topological polar surface area (TPSA) is 3.24 Å². The fraction of sp³-hybridized carbons (Fsp3) is 0.160. The molecule has 2 aliphatic heterocycles. The van der Waals surface area contributed by atoms with E-state index in [1.807, 2.05) is 11.8 Å². The van der Waals surface area contributed by atoms with E-state index in [9.17, 15) is 0 Å². The number of aryl methyl sites for hydroxylation is 4. The molecule has 3 aromatic rings. The molecule has 0 aliphatic carbocycles. The van der Waals surface area contributed by atoms with E-state index in [4.69, 9.17) is 0 Å². The summed E-state index contributed by atoms with van der Waals surface area (Å²) in [5.41, 5.74) is 12.9. The van der Waals surface area contributed by atoms with Gasteiger partial charge in [-0.1, -0.05) is 60.1 Å². The number of hydrogen-bond acceptors (Lipinski definition) is 2. The smallest absolute Gasteiger partial charge is 0.0293 e. The Bertz CT molecular complexity index is 1110. The molecular weight excluding hydrogens is 539 g/mol. The number of thioether (sulfide) groups is 1. The summed E-state index contributed by atoms with van der Waals surface area (Å²) in [4.78, 5) is 3.67. The Morgan fingerprint density at radius 1 is 0.857 bits per heavy atom. The molecule has 0 atom stereocenters. The Hall–Kier alpha value is -1.80. The van der Waals surface area contributed by atoms with Crippen molar-refractivity contribution in [2.75, 3.05) is 4.90 Å². The fourth-order valence-corrected chi connectivity index (χ4v) is 5.36. The van der Waals surface area contributed by atoms with Crippen molar-refractivity contribution in [1.82, 2.24) is 0 Å². The quantitative estimate of drug-likeness (QED) is 0.299. The van der Waals surface area contributed by atoms with Crippen LogP contribution in [0.5, 0.6) is 0 Å². The molecule has 5 rings (SSSR count). The van der Waals surface area contributed by atoms with E-state index in [1.165, 1.54) is 55.1 Å². The number of hydrogen-bond donors (Lipinski definition) is 0. The van der Waals surface area contributed by atoms with Crippen LogP contribution < -0.4 is 4.90 Å². The molecule has 0 spiro atoms. The molecular formula is C25H21IrNS-2. The minimum Gasteiger partial charge on any atom is -0.503 e. The first kappa shape index (κ1) is 19.5. The minimum atomic E-state index is 0.